The number of hydrogen-bond donors (Lipinski definition) is 1. The van der Waals surface area contributed by atoms with E-state index in [1.165, 1.54) is 12.8 Å². The molecule has 1 fully saturated rings. The number of non-ortho nitro benzene ring substituents is 1. The molecule has 1 aromatic rings. The number of rotatable bonds is 5. The molecule has 1 N–H and O–H groups in total. The van der Waals surface area contributed by atoms with Crippen molar-refractivity contribution in [3.05, 3.63) is 34.4 Å². The number of nitro groups is 1. The summed E-state index contributed by atoms with van der Waals surface area (Å²) in [5.41, 5.74) is 1.11. The van der Waals surface area contributed by atoms with Gasteiger partial charge < -0.3 is 10.2 Å². The molecule has 1 aromatic carbocycles. The highest BCUT2D eigenvalue weighted by molar-refractivity contribution is 5.53. The first kappa shape index (κ1) is 13.8. The van der Waals surface area contributed by atoms with Crippen LogP contribution in [-0.2, 0) is 0 Å². The second kappa shape index (κ2) is 6.52. The minimum absolute atomic E-state index is 0.165. The number of nitrogens with zero attached hydrogens (tertiary/aromatic N) is 2. The quantitative estimate of drug-likeness (QED) is 0.654. The fourth-order valence-electron chi connectivity index (χ4n) is 2.61. The van der Waals surface area contributed by atoms with E-state index in [4.69, 9.17) is 0 Å². The highest BCUT2D eigenvalue weighted by Gasteiger charge is 2.17. The zero-order chi connectivity index (χ0) is 13.7. The Balaban J connectivity index is 2.07. The molecular formula is C14H21N3O2. The average Bonchev–Trinajstić information content (AvgIpc) is 2.46. The zero-order valence-corrected chi connectivity index (χ0v) is 11.3. The number of hydrogen-bond acceptors (Lipinski definition) is 4. The van der Waals surface area contributed by atoms with Crippen molar-refractivity contribution < 1.29 is 4.92 Å². The molecule has 19 heavy (non-hydrogen) atoms. The number of piperidine rings is 1. The zero-order valence-electron chi connectivity index (χ0n) is 11.3. The van der Waals surface area contributed by atoms with Crippen LogP contribution in [0.1, 0.15) is 19.8 Å². The lowest BCUT2D eigenvalue weighted by molar-refractivity contribution is -0.384. The van der Waals surface area contributed by atoms with E-state index in [1.54, 1.807) is 18.2 Å². The van der Waals surface area contributed by atoms with Gasteiger partial charge in [-0.2, -0.15) is 0 Å². The summed E-state index contributed by atoms with van der Waals surface area (Å²) in [6, 6.07) is 6.92. The molecule has 1 atom stereocenters. The summed E-state index contributed by atoms with van der Waals surface area (Å²) in [4.78, 5) is 12.7. The van der Waals surface area contributed by atoms with E-state index in [1.807, 2.05) is 6.07 Å². The smallest absolute Gasteiger partial charge is 0.271 e. The SMILES string of the molecule is CCN(CC1CCCNC1)c1cccc([N+](=O)[O-])c1. The molecule has 0 spiro atoms. The molecule has 0 saturated carbocycles. The van der Waals surface area contributed by atoms with Gasteiger partial charge in [0.05, 0.1) is 4.92 Å². The lowest BCUT2D eigenvalue weighted by atomic mass is 9.99. The van der Waals surface area contributed by atoms with Crippen molar-refractivity contribution in [3.8, 4) is 0 Å². The van der Waals surface area contributed by atoms with Crippen molar-refractivity contribution in [3.63, 3.8) is 0 Å². The Morgan fingerprint density at radius 1 is 1.53 bits per heavy atom. The molecule has 104 valence electrons. The van der Waals surface area contributed by atoms with Gasteiger partial charge in [-0.25, -0.2) is 0 Å². The topological polar surface area (TPSA) is 58.4 Å². The fraction of sp³-hybridized carbons (Fsp3) is 0.571. The van der Waals surface area contributed by atoms with Crippen LogP contribution in [0.5, 0.6) is 0 Å². The fourth-order valence-corrected chi connectivity index (χ4v) is 2.61. The van der Waals surface area contributed by atoms with Crippen LogP contribution >= 0.6 is 0 Å². The van der Waals surface area contributed by atoms with Crippen LogP contribution in [-0.4, -0.2) is 31.1 Å². The number of anilines is 1. The van der Waals surface area contributed by atoms with E-state index >= 15 is 0 Å². The van der Waals surface area contributed by atoms with E-state index in [9.17, 15) is 10.1 Å². The lowest BCUT2D eigenvalue weighted by Crippen LogP contribution is -2.38. The summed E-state index contributed by atoms with van der Waals surface area (Å²) in [5.74, 6) is 0.632. The molecule has 1 saturated heterocycles. The summed E-state index contributed by atoms with van der Waals surface area (Å²) in [6.07, 6.45) is 2.45. The summed E-state index contributed by atoms with van der Waals surface area (Å²) < 4.78 is 0. The van der Waals surface area contributed by atoms with Gasteiger partial charge in [-0.3, -0.25) is 10.1 Å². The Bertz CT molecular complexity index is 430. The Hall–Kier alpha value is -1.62. The predicted octanol–water partition coefficient (Wildman–Crippen LogP) is 2.42. The summed E-state index contributed by atoms with van der Waals surface area (Å²) in [7, 11) is 0. The second-order valence-corrected chi connectivity index (χ2v) is 5.03. The van der Waals surface area contributed by atoms with Crippen molar-refractivity contribution in [1.82, 2.24) is 5.32 Å². The van der Waals surface area contributed by atoms with Gasteiger partial charge in [-0.05, 0) is 44.8 Å². The maximum atomic E-state index is 10.8. The molecule has 5 heteroatoms. The van der Waals surface area contributed by atoms with Gasteiger partial charge in [0, 0.05) is 30.9 Å². The molecule has 1 heterocycles. The summed E-state index contributed by atoms with van der Waals surface area (Å²) >= 11 is 0. The standard InChI is InChI=1S/C14H21N3O2/c1-2-16(11-12-5-4-8-15-10-12)13-6-3-7-14(9-13)17(18)19/h3,6-7,9,12,15H,2,4-5,8,10-11H2,1H3. The maximum absolute atomic E-state index is 10.8. The number of nitrogens with one attached hydrogen (secondary N) is 1. The van der Waals surface area contributed by atoms with E-state index < -0.39 is 0 Å². The van der Waals surface area contributed by atoms with Gasteiger partial charge in [0.1, 0.15) is 0 Å². The van der Waals surface area contributed by atoms with Gasteiger partial charge >= 0.3 is 0 Å². The van der Waals surface area contributed by atoms with Crippen LogP contribution in [0.4, 0.5) is 11.4 Å². The molecule has 0 amide bonds. The summed E-state index contributed by atoms with van der Waals surface area (Å²) in [5, 5.41) is 14.2. The third-order valence-corrected chi connectivity index (χ3v) is 3.66. The van der Waals surface area contributed by atoms with Crippen molar-refractivity contribution in [2.45, 2.75) is 19.8 Å². The predicted molar refractivity (Wildman–Crippen MR) is 76.6 cm³/mol. The minimum atomic E-state index is -0.334. The van der Waals surface area contributed by atoms with E-state index in [0.29, 0.717) is 5.92 Å². The average molecular weight is 263 g/mol. The van der Waals surface area contributed by atoms with Crippen molar-refractivity contribution in [2.75, 3.05) is 31.1 Å². The molecule has 0 aromatic heterocycles. The van der Waals surface area contributed by atoms with Crippen LogP contribution in [0, 0.1) is 16.0 Å². The molecule has 0 radical (unpaired) electrons. The molecule has 0 aliphatic carbocycles. The van der Waals surface area contributed by atoms with Crippen LogP contribution in [0.3, 0.4) is 0 Å². The van der Waals surface area contributed by atoms with Gasteiger partial charge in [-0.1, -0.05) is 6.07 Å². The first-order valence-corrected chi connectivity index (χ1v) is 6.91. The Labute approximate surface area is 113 Å². The Kier molecular flexibility index (Phi) is 4.74. The lowest BCUT2D eigenvalue weighted by Gasteiger charge is -2.30. The normalized spacial score (nSPS) is 19.1. The van der Waals surface area contributed by atoms with E-state index in [2.05, 4.69) is 17.1 Å². The Morgan fingerprint density at radius 2 is 2.37 bits per heavy atom. The van der Waals surface area contributed by atoms with Gasteiger partial charge in [0.25, 0.3) is 5.69 Å². The van der Waals surface area contributed by atoms with Gasteiger partial charge in [-0.15, -0.1) is 0 Å². The Morgan fingerprint density at radius 3 is 3.00 bits per heavy atom. The molecular weight excluding hydrogens is 242 g/mol. The number of benzene rings is 1. The van der Waals surface area contributed by atoms with E-state index in [0.717, 1.165) is 31.9 Å². The first-order valence-electron chi connectivity index (χ1n) is 6.91. The van der Waals surface area contributed by atoms with Crippen LogP contribution < -0.4 is 10.2 Å². The molecule has 5 nitrogen and oxygen atoms in total. The number of nitro benzene ring substituents is 1. The summed E-state index contributed by atoms with van der Waals surface area (Å²) in [6.45, 7) is 6.09. The largest absolute Gasteiger partial charge is 0.371 e. The van der Waals surface area contributed by atoms with Crippen molar-refractivity contribution in [1.29, 1.82) is 0 Å². The van der Waals surface area contributed by atoms with Crippen molar-refractivity contribution in [2.24, 2.45) is 5.92 Å². The van der Waals surface area contributed by atoms with Crippen LogP contribution in [0.15, 0.2) is 24.3 Å². The van der Waals surface area contributed by atoms with Crippen molar-refractivity contribution >= 4 is 11.4 Å². The minimum Gasteiger partial charge on any atom is -0.371 e. The molecule has 2 rings (SSSR count). The van der Waals surface area contributed by atoms with E-state index in [-0.39, 0.29) is 10.6 Å². The highest BCUT2D eigenvalue weighted by Crippen LogP contribution is 2.23. The molecule has 0 bridgehead atoms. The second-order valence-electron chi connectivity index (χ2n) is 5.03. The maximum Gasteiger partial charge on any atom is 0.271 e. The molecule has 1 aliphatic rings. The third-order valence-electron chi connectivity index (χ3n) is 3.66. The third kappa shape index (κ3) is 3.67. The van der Waals surface area contributed by atoms with Gasteiger partial charge in [0.15, 0.2) is 0 Å². The first-order chi connectivity index (χ1) is 9.20. The molecule has 1 aliphatic heterocycles. The molecule has 1 unspecified atom stereocenters. The monoisotopic (exact) mass is 263 g/mol. The van der Waals surface area contributed by atoms with Crippen LogP contribution in [0.25, 0.3) is 0 Å². The highest BCUT2D eigenvalue weighted by atomic mass is 16.6. The van der Waals surface area contributed by atoms with Gasteiger partial charge in [0.2, 0.25) is 0 Å². The van der Waals surface area contributed by atoms with Crippen LogP contribution in [0.2, 0.25) is 0 Å².